The minimum atomic E-state index is 0.963. The van der Waals surface area contributed by atoms with E-state index in [1.165, 1.54) is 71.3 Å². The minimum Gasteiger partial charge on any atom is -0.309 e. The van der Waals surface area contributed by atoms with E-state index in [0.717, 1.165) is 6.42 Å². The van der Waals surface area contributed by atoms with Crippen LogP contribution in [0, 0.1) is 0 Å². The van der Waals surface area contributed by atoms with Gasteiger partial charge in [-0.05, 0) is 62.0 Å². The Kier molecular flexibility index (Phi) is 3.51. The highest BCUT2D eigenvalue weighted by Crippen LogP contribution is 2.47. The summed E-state index contributed by atoms with van der Waals surface area (Å²) in [5, 5.41) is 7.99. The van der Waals surface area contributed by atoms with Crippen LogP contribution in [0.5, 0.6) is 0 Å². The second kappa shape index (κ2) is 6.59. The van der Waals surface area contributed by atoms with Crippen molar-refractivity contribution in [2.24, 2.45) is 0 Å². The number of hydrogen-bond donors (Lipinski definition) is 0. The summed E-state index contributed by atoms with van der Waals surface area (Å²) in [6, 6.07) is 42.3. The molecule has 0 bridgehead atoms. The van der Waals surface area contributed by atoms with Gasteiger partial charge in [0.15, 0.2) is 0 Å². The molecule has 34 heavy (non-hydrogen) atoms. The summed E-state index contributed by atoms with van der Waals surface area (Å²) in [6.45, 7) is 0. The third-order valence-electron chi connectivity index (χ3n) is 7.62. The average Bonchev–Trinajstić information content (AvgIpc) is 3.45. The van der Waals surface area contributed by atoms with Gasteiger partial charge in [0, 0.05) is 22.9 Å². The monoisotopic (exact) mass is 431 g/mol. The van der Waals surface area contributed by atoms with E-state index in [1.807, 2.05) is 0 Å². The molecule has 0 saturated heterocycles. The van der Waals surface area contributed by atoms with Crippen molar-refractivity contribution in [1.29, 1.82) is 0 Å². The van der Waals surface area contributed by atoms with Crippen molar-refractivity contribution in [3.8, 4) is 16.8 Å². The van der Waals surface area contributed by atoms with E-state index in [4.69, 9.17) is 0 Å². The van der Waals surface area contributed by atoms with Crippen LogP contribution >= 0.6 is 0 Å². The highest BCUT2D eigenvalue weighted by molar-refractivity contribution is 6.22. The topological polar surface area (TPSA) is 4.93 Å². The average molecular weight is 432 g/mol. The molecular formula is C33H21N. The second-order valence-electron chi connectivity index (χ2n) is 9.33. The number of aromatic nitrogens is 1. The molecule has 0 saturated carbocycles. The predicted molar refractivity (Wildman–Crippen MR) is 144 cm³/mol. The number of hydrogen-bond acceptors (Lipinski definition) is 0. The van der Waals surface area contributed by atoms with E-state index in [2.05, 4.69) is 120 Å². The quantitative estimate of drug-likeness (QED) is 0.245. The second-order valence-corrected chi connectivity index (χ2v) is 9.33. The van der Waals surface area contributed by atoms with Gasteiger partial charge in [-0.1, -0.05) is 97.1 Å². The Morgan fingerprint density at radius 1 is 0.471 bits per heavy atom. The smallest absolute Gasteiger partial charge is 0.0582 e. The van der Waals surface area contributed by atoms with Crippen molar-refractivity contribution >= 4 is 43.4 Å². The van der Waals surface area contributed by atoms with Crippen LogP contribution in [0.15, 0.2) is 115 Å². The molecule has 1 heteroatoms. The molecule has 8 rings (SSSR count). The first kappa shape index (κ1) is 18.1. The Hall–Kier alpha value is -4.36. The van der Waals surface area contributed by atoms with E-state index in [9.17, 15) is 0 Å². The van der Waals surface area contributed by atoms with Gasteiger partial charge in [-0.3, -0.25) is 0 Å². The molecule has 0 atom stereocenters. The molecule has 0 N–H and O–H groups in total. The van der Waals surface area contributed by atoms with Crippen LogP contribution in [0.3, 0.4) is 0 Å². The number of benzene rings is 6. The molecular weight excluding hydrogens is 410 g/mol. The lowest BCUT2D eigenvalue weighted by molar-refractivity contribution is 1.15. The van der Waals surface area contributed by atoms with E-state index < -0.39 is 0 Å². The van der Waals surface area contributed by atoms with Gasteiger partial charge in [0.05, 0.1) is 11.0 Å². The zero-order valence-corrected chi connectivity index (χ0v) is 18.6. The summed E-state index contributed by atoms with van der Waals surface area (Å²) in [6.07, 6.45) is 0.963. The number of para-hydroxylation sites is 1. The zero-order valence-electron chi connectivity index (χ0n) is 18.6. The third kappa shape index (κ3) is 2.29. The molecule has 6 aromatic carbocycles. The predicted octanol–water partition coefficient (Wildman–Crippen LogP) is 8.66. The standard InChI is InChI=1S/C33H21N/c1-2-10-23(11-3-1)34-31-19-15-22-9-5-7-13-25(22)32(31)28-18-17-27-26-16-14-21-8-4-6-12-24(21)29(26)20-30(27)33(28)34/h1-19H,20H2. The van der Waals surface area contributed by atoms with Crippen LogP contribution in [0.25, 0.3) is 60.2 Å². The van der Waals surface area contributed by atoms with Crippen LogP contribution in [-0.2, 0) is 6.42 Å². The molecule has 0 aliphatic heterocycles. The molecule has 0 radical (unpaired) electrons. The van der Waals surface area contributed by atoms with Gasteiger partial charge in [-0.15, -0.1) is 0 Å². The minimum absolute atomic E-state index is 0.963. The summed E-state index contributed by atoms with van der Waals surface area (Å²) in [5.74, 6) is 0. The van der Waals surface area contributed by atoms with E-state index in [-0.39, 0.29) is 0 Å². The van der Waals surface area contributed by atoms with Crippen molar-refractivity contribution in [3.63, 3.8) is 0 Å². The van der Waals surface area contributed by atoms with E-state index in [0.29, 0.717) is 0 Å². The van der Waals surface area contributed by atoms with Gasteiger partial charge in [0.2, 0.25) is 0 Å². The van der Waals surface area contributed by atoms with Crippen molar-refractivity contribution in [3.05, 3.63) is 126 Å². The normalized spacial score (nSPS) is 12.6. The van der Waals surface area contributed by atoms with Crippen LogP contribution in [0.2, 0.25) is 0 Å². The highest BCUT2D eigenvalue weighted by atomic mass is 15.0. The fraction of sp³-hybridized carbons (Fsp3) is 0.0303. The maximum atomic E-state index is 2.49. The van der Waals surface area contributed by atoms with Crippen LogP contribution in [0.4, 0.5) is 0 Å². The van der Waals surface area contributed by atoms with E-state index >= 15 is 0 Å². The molecule has 1 aliphatic carbocycles. The Morgan fingerprint density at radius 2 is 1.12 bits per heavy atom. The molecule has 1 nitrogen and oxygen atoms in total. The molecule has 0 amide bonds. The first-order chi connectivity index (χ1) is 16.9. The molecule has 1 aromatic heterocycles. The van der Waals surface area contributed by atoms with E-state index in [1.54, 1.807) is 0 Å². The van der Waals surface area contributed by atoms with Gasteiger partial charge >= 0.3 is 0 Å². The van der Waals surface area contributed by atoms with Gasteiger partial charge in [0.1, 0.15) is 0 Å². The number of fused-ring (bicyclic) bond motifs is 11. The van der Waals surface area contributed by atoms with Crippen molar-refractivity contribution in [1.82, 2.24) is 4.57 Å². The molecule has 0 spiro atoms. The van der Waals surface area contributed by atoms with Crippen molar-refractivity contribution < 1.29 is 0 Å². The number of rotatable bonds is 1. The lowest BCUT2D eigenvalue weighted by Crippen LogP contribution is -1.96. The summed E-state index contributed by atoms with van der Waals surface area (Å²) < 4.78 is 2.49. The summed E-state index contributed by atoms with van der Waals surface area (Å²) >= 11 is 0. The largest absolute Gasteiger partial charge is 0.309 e. The third-order valence-corrected chi connectivity index (χ3v) is 7.62. The molecule has 1 aliphatic rings. The van der Waals surface area contributed by atoms with Crippen LogP contribution < -0.4 is 0 Å². The molecule has 7 aromatic rings. The molecule has 1 heterocycles. The maximum Gasteiger partial charge on any atom is 0.0582 e. The highest BCUT2D eigenvalue weighted by Gasteiger charge is 2.26. The Bertz CT molecular complexity index is 1920. The summed E-state index contributed by atoms with van der Waals surface area (Å²) in [4.78, 5) is 0. The van der Waals surface area contributed by atoms with Gasteiger partial charge in [-0.25, -0.2) is 0 Å². The van der Waals surface area contributed by atoms with Gasteiger partial charge in [0.25, 0.3) is 0 Å². The lowest BCUT2D eigenvalue weighted by atomic mass is 9.99. The summed E-state index contributed by atoms with van der Waals surface area (Å²) in [7, 11) is 0. The van der Waals surface area contributed by atoms with Crippen molar-refractivity contribution in [2.45, 2.75) is 6.42 Å². The lowest BCUT2D eigenvalue weighted by Gasteiger charge is -2.11. The maximum absolute atomic E-state index is 2.49. The van der Waals surface area contributed by atoms with Crippen LogP contribution in [0.1, 0.15) is 11.1 Å². The molecule has 158 valence electrons. The molecule has 0 fully saturated rings. The van der Waals surface area contributed by atoms with Crippen LogP contribution in [-0.4, -0.2) is 4.57 Å². The number of nitrogens with zero attached hydrogens (tertiary/aromatic N) is 1. The summed E-state index contributed by atoms with van der Waals surface area (Å²) in [5.41, 5.74) is 9.47. The first-order valence-electron chi connectivity index (χ1n) is 11.9. The fourth-order valence-electron chi connectivity index (χ4n) is 6.18. The Balaban J connectivity index is 1.56. The fourth-order valence-corrected chi connectivity index (χ4v) is 6.18. The Labute approximate surface area is 197 Å². The zero-order chi connectivity index (χ0) is 22.2. The molecule has 0 unspecified atom stereocenters. The Morgan fingerprint density at radius 3 is 1.97 bits per heavy atom. The SMILES string of the molecule is c1ccc(-n2c3ccc4ccccc4c3c3ccc4c(c32)Cc2c-4ccc3ccccc23)cc1. The first-order valence-corrected chi connectivity index (χ1v) is 11.9. The van der Waals surface area contributed by atoms with Gasteiger partial charge in [-0.2, -0.15) is 0 Å². The van der Waals surface area contributed by atoms with Gasteiger partial charge < -0.3 is 4.57 Å². The van der Waals surface area contributed by atoms with Crippen molar-refractivity contribution in [2.75, 3.05) is 0 Å².